The lowest BCUT2D eigenvalue weighted by Gasteiger charge is -2.41. The highest BCUT2D eigenvalue weighted by Crippen LogP contribution is 2.26. The molecular formula is C29H31NO3S. The number of morpholine rings is 1. The van der Waals surface area contributed by atoms with Gasteiger partial charge in [0.05, 0.1) is 13.2 Å². The Labute approximate surface area is 206 Å². The molecule has 3 aromatic rings. The molecule has 0 spiro atoms. The van der Waals surface area contributed by atoms with E-state index in [4.69, 9.17) is 4.74 Å². The number of nitrogens with zero attached hydrogens (tertiary/aromatic N) is 1. The number of ketones is 2. The summed E-state index contributed by atoms with van der Waals surface area (Å²) in [6.07, 6.45) is 3.22. The standard InChI is InChI=1S/C15H23NOS.C14H8O2/c1-15(2,16-8-10-17-11-9-16)12-13-4-6-14(18-3)7-5-13;15-13-9-5-1-2-6-10(9)14(16)12-8-4-3-7-11(12)13/h4-7H,8-12H2,1-3H3;1-8H. The van der Waals surface area contributed by atoms with Gasteiger partial charge in [-0.1, -0.05) is 60.7 Å². The summed E-state index contributed by atoms with van der Waals surface area (Å²) in [7, 11) is 0. The van der Waals surface area contributed by atoms with Crippen LogP contribution in [0.4, 0.5) is 0 Å². The summed E-state index contributed by atoms with van der Waals surface area (Å²) in [6, 6.07) is 22.9. The van der Waals surface area contributed by atoms with Crippen LogP contribution in [0, 0.1) is 0 Å². The Balaban J connectivity index is 0.000000162. The molecule has 34 heavy (non-hydrogen) atoms. The van der Waals surface area contributed by atoms with Crippen LogP contribution in [0.1, 0.15) is 51.3 Å². The largest absolute Gasteiger partial charge is 0.379 e. The minimum Gasteiger partial charge on any atom is -0.379 e. The molecule has 1 heterocycles. The van der Waals surface area contributed by atoms with Crippen LogP contribution in [-0.2, 0) is 11.2 Å². The number of thioether (sulfide) groups is 1. The van der Waals surface area contributed by atoms with Gasteiger partial charge in [0.15, 0.2) is 11.6 Å². The third kappa shape index (κ3) is 5.33. The van der Waals surface area contributed by atoms with Crippen molar-refractivity contribution in [3.8, 4) is 0 Å². The molecule has 5 rings (SSSR count). The molecule has 0 bridgehead atoms. The zero-order valence-corrected chi connectivity index (χ0v) is 20.9. The first-order valence-corrected chi connectivity index (χ1v) is 12.9. The van der Waals surface area contributed by atoms with Crippen molar-refractivity contribution in [1.29, 1.82) is 0 Å². The van der Waals surface area contributed by atoms with Crippen molar-refractivity contribution in [3.05, 3.63) is 101 Å². The molecule has 0 amide bonds. The fourth-order valence-electron chi connectivity index (χ4n) is 4.57. The lowest BCUT2D eigenvalue weighted by Crippen LogP contribution is -2.51. The Hall–Kier alpha value is -2.73. The SMILES string of the molecule is CSc1ccc(CC(C)(C)N2CCOCC2)cc1.O=C1c2ccccc2C(=O)c2ccccc21. The van der Waals surface area contributed by atoms with Crippen molar-refractivity contribution < 1.29 is 14.3 Å². The quantitative estimate of drug-likeness (QED) is 0.365. The lowest BCUT2D eigenvalue weighted by atomic mass is 9.84. The minimum atomic E-state index is -0.0641. The van der Waals surface area contributed by atoms with E-state index in [2.05, 4.69) is 49.3 Å². The number of carbonyl (C=O) groups excluding carboxylic acids is 2. The molecule has 4 nitrogen and oxygen atoms in total. The zero-order valence-electron chi connectivity index (χ0n) is 20.0. The smallest absolute Gasteiger partial charge is 0.194 e. The maximum atomic E-state index is 12.1. The fourth-order valence-corrected chi connectivity index (χ4v) is 4.98. The van der Waals surface area contributed by atoms with Gasteiger partial charge in [0.25, 0.3) is 0 Å². The van der Waals surface area contributed by atoms with Crippen LogP contribution >= 0.6 is 11.8 Å². The molecule has 0 unspecified atom stereocenters. The first-order valence-electron chi connectivity index (χ1n) is 11.6. The van der Waals surface area contributed by atoms with Crippen molar-refractivity contribution in [2.45, 2.75) is 30.7 Å². The fraction of sp³-hybridized carbons (Fsp3) is 0.310. The monoisotopic (exact) mass is 473 g/mol. The van der Waals surface area contributed by atoms with Gasteiger partial charge in [-0.15, -0.1) is 11.8 Å². The van der Waals surface area contributed by atoms with Gasteiger partial charge in [-0.3, -0.25) is 14.5 Å². The van der Waals surface area contributed by atoms with E-state index in [0.29, 0.717) is 22.3 Å². The summed E-state index contributed by atoms with van der Waals surface area (Å²) < 4.78 is 5.43. The van der Waals surface area contributed by atoms with Gasteiger partial charge in [-0.2, -0.15) is 0 Å². The molecule has 176 valence electrons. The van der Waals surface area contributed by atoms with E-state index >= 15 is 0 Å². The second-order valence-corrected chi connectivity index (χ2v) is 10.1. The highest BCUT2D eigenvalue weighted by molar-refractivity contribution is 7.98. The molecule has 0 radical (unpaired) electrons. The number of fused-ring (bicyclic) bond motifs is 2. The molecule has 1 fully saturated rings. The highest BCUT2D eigenvalue weighted by atomic mass is 32.2. The number of ether oxygens (including phenoxy) is 1. The Morgan fingerprint density at radius 3 is 1.62 bits per heavy atom. The number of rotatable bonds is 4. The van der Waals surface area contributed by atoms with Gasteiger partial charge in [-0.05, 0) is 44.2 Å². The molecule has 2 aliphatic rings. The van der Waals surface area contributed by atoms with E-state index < -0.39 is 0 Å². The van der Waals surface area contributed by atoms with E-state index in [0.717, 1.165) is 32.7 Å². The molecule has 0 saturated carbocycles. The normalized spacial score (nSPS) is 15.7. The van der Waals surface area contributed by atoms with Crippen LogP contribution in [0.5, 0.6) is 0 Å². The molecule has 3 aromatic carbocycles. The van der Waals surface area contributed by atoms with Gasteiger partial charge in [-0.25, -0.2) is 0 Å². The van der Waals surface area contributed by atoms with E-state index in [9.17, 15) is 9.59 Å². The van der Waals surface area contributed by atoms with Gasteiger partial charge in [0, 0.05) is 45.8 Å². The topological polar surface area (TPSA) is 46.6 Å². The third-order valence-corrected chi connectivity index (χ3v) is 7.24. The van der Waals surface area contributed by atoms with E-state index in [1.165, 1.54) is 10.5 Å². The Morgan fingerprint density at radius 2 is 1.21 bits per heavy atom. The van der Waals surface area contributed by atoms with Crippen molar-refractivity contribution in [3.63, 3.8) is 0 Å². The van der Waals surface area contributed by atoms with E-state index in [1.54, 1.807) is 60.3 Å². The molecule has 0 aromatic heterocycles. The molecule has 1 saturated heterocycles. The van der Waals surface area contributed by atoms with Crippen LogP contribution in [-0.4, -0.2) is 54.6 Å². The first-order chi connectivity index (χ1) is 16.4. The zero-order chi connectivity index (χ0) is 24.1. The summed E-state index contributed by atoms with van der Waals surface area (Å²) in [6.45, 7) is 8.51. The van der Waals surface area contributed by atoms with E-state index in [1.807, 2.05) is 0 Å². The summed E-state index contributed by atoms with van der Waals surface area (Å²) in [5.41, 5.74) is 3.66. The van der Waals surface area contributed by atoms with Crippen LogP contribution in [0.2, 0.25) is 0 Å². The van der Waals surface area contributed by atoms with Crippen LogP contribution in [0.25, 0.3) is 0 Å². The molecule has 1 aliphatic carbocycles. The molecule has 5 heteroatoms. The van der Waals surface area contributed by atoms with Crippen molar-refractivity contribution >= 4 is 23.3 Å². The maximum absolute atomic E-state index is 12.1. The number of hydrogen-bond donors (Lipinski definition) is 0. The molecular weight excluding hydrogens is 442 g/mol. The highest BCUT2D eigenvalue weighted by Gasteiger charge is 2.29. The summed E-state index contributed by atoms with van der Waals surface area (Å²) in [4.78, 5) is 28.1. The Kier molecular flexibility index (Phi) is 7.67. The van der Waals surface area contributed by atoms with Gasteiger partial charge < -0.3 is 4.74 Å². The Morgan fingerprint density at radius 1 is 0.765 bits per heavy atom. The number of benzene rings is 3. The Bertz CT molecular complexity index is 1060. The van der Waals surface area contributed by atoms with Crippen LogP contribution in [0.15, 0.2) is 77.7 Å². The second-order valence-electron chi connectivity index (χ2n) is 9.19. The van der Waals surface area contributed by atoms with Gasteiger partial charge in [0.2, 0.25) is 0 Å². The summed E-state index contributed by atoms with van der Waals surface area (Å²) in [5.74, 6) is -0.128. The molecule has 0 atom stereocenters. The van der Waals surface area contributed by atoms with Gasteiger partial charge in [0.1, 0.15) is 0 Å². The lowest BCUT2D eigenvalue weighted by molar-refractivity contribution is -0.00984. The second kappa shape index (κ2) is 10.7. The average molecular weight is 474 g/mol. The van der Waals surface area contributed by atoms with Crippen molar-refractivity contribution in [1.82, 2.24) is 4.90 Å². The maximum Gasteiger partial charge on any atom is 0.194 e. The molecule has 0 N–H and O–H groups in total. The van der Waals surface area contributed by atoms with Crippen LogP contribution in [0.3, 0.4) is 0 Å². The summed E-state index contributed by atoms with van der Waals surface area (Å²) in [5, 5.41) is 0. The molecule has 1 aliphatic heterocycles. The first kappa shape index (κ1) is 24.4. The predicted molar refractivity (Wildman–Crippen MR) is 138 cm³/mol. The van der Waals surface area contributed by atoms with Crippen LogP contribution < -0.4 is 0 Å². The summed E-state index contributed by atoms with van der Waals surface area (Å²) >= 11 is 1.80. The number of carbonyl (C=O) groups is 2. The predicted octanol–water partition coefficient (Wildman–Crippen LogP) is 5.52. The third-order valence-electron chi connectivity index (χ3n) is 6.50. The van der Waals surface area contributed by atoms with Gasteiger partial charge >= 0.3 is 0 Å². The number of hydrogen-bond acceptors (Lipinski definition) is 5. The van der Waals surface area contributed by atoms with Crippen molar-refractivity contribution in [2.24, 2.45) is 0 Å². The minimum absolute atomic E-state index is 0.0641. The average Bonchev–Trinajstić information content (AvgIpc) is 2.88. The van der Waals surface area contributed by atoms with Crippen molar-refractivity contribution in [2.75, 3.05) is 32.6 Å². The van der Waals surface area contributed by atoms with E-state index in [-0.39, 0.29) is 17.1 Å².